The smallest absolute Gasteiger partial charge is 0.493 e. The van der Waals surface area contributed by atoms with Crippen LogP contribution in [0.25, 0.3) is 6.08 Å². The summed E-state index contributed by atoms with van der Waals surface area (Å²) in [5.74, 6) is 0.386. The lowest BCUT2D eigenvalue weighted by atomic mass is 10.0. The average molecular weight is 441 g/mol. The molecule has 0 saturated heterocycles. The highest BCUT2D eigenvalue weighted by molar-refractivity contribution is 7.95. The molecule has 2 rings (SSSR count). The van der Waals surface area contributed by atoms with Gasteiger partial charge in [-0.2, -0.15) is 5.26 Å². The molecule has 6 nitrogen and oxygen atoms in total. The van der Waals surface area contributed by atoms with E-state index < -0.39 is 26.9 Å². The molecule has 0 saturated carbocycles. The Morgan fingerprint density at radius 2 is 1.60 bits per heavy atom. The number of hydrogen-bond acceptors (Lipinski definition) is 6. The lowest BCUT2D eigenvalue weighted by Crippen LogP contribution is -2.18. The van der Waals surface area contributed by atoms with Crippen molar-refractivity contribution in [2.75, 3.05) is 20.5 Å². The number of ether oxygens (including phenoxy) is 3. The second-order valence-corrected chi connectivity index (χ2v) is 8.16. The molecule has 0 atom stereocenters. The Morgan fingerprint density at radius 3 is 2.10 bits per heavy atom. The van der Waals surface area contributed by atoms with Crippen molar-refractivity contribution in [2.45, 2.75) is 12.8 Å². The Kier molecular flexibility index (Phi) is 7.00. The fraction of sp³-hybridized carbons (Fsp3) is 0.250. The van der Waals surface area contributed by atoms with Crippen LogP contribution in [-0.4, -0.2) is 35.3 Å². The van der Waals surface area contributed by atoms with Crippen LogP contribution in [0.3, 0.4) is 0 Å². The maximum absolute atomic E-state index is 12.7. The van der Waals surface area contributed by atoms with Crippen LogP contribution in [0.15, 0.2) is 41.3 Å². The van der Waals surface area contributed by atoms with Crippen LogP contribution in [0.4, 0.5) is 13.2 Å². The first-order valence-corrected chi connectivity index (χ1v) is 10.3. The molecule has 0 aliphatic rings. The third-order valence-electron chi connectivity index (χ3n) is 3.95. The van der Waals surface area contributed by atoms with Gasteiger partial charge in [0.25, 0.3) is 0 Å². The van der Waals surface area contributed by atoms with Crippen molar-refractivity contribution in [3.8, 4) is 23.3 Å². The van der Waals surface area contributed by atoms with Gasteiger partial charge in [-0.1, -0.05) is 12.1 Å². The molecule has 30 heavy (non-hydrogen) atoms. The molecule has 0 heterocycles. The Morgan fingerprint density at radius 1 is 1.03 bits per heavy atom. The number of nitrogens with zero attached hydrogens (tertiary/aromatic N) is 1. The molecule has 160 valence electrons. The Balaban J connectivity index is 2.51. The second-order valence-electron chi connectivity index (χ2n) is 6.18. The van der Waals surface area contributed by atoms with Crippen molar-refractivity contribution in [3.05, 3.63) is 58.0 Å². The summed E-state index contributed by atoms with van der Waals surface area (Å²) in [6, 6.07) is 10.5. The van der Waals surface area contributed by atoms with Crippen LogP contribution >= 0.6 is 0 Å². The molecule has 2 aromatic carbocycles. The normalized spacial score (nSPS) is 12.2. The van der Waals surface area contributed by atoms with Crippen LogP contribution < -0.4 is 14.2 Å². The number of sulfone groups is 1. The molecule has 0 radical (unpaired) electrons. The minimum absolute atomic E-state index is 0.188. The van der Waals surface area contributed by atoms with Crippen molar-refractivity contribution in [1.29, 1.82) is 5.26 Å². The van der Waals surface area contributed by atoms with Gasteiger partial charge >= 0.3 is 6.36 Å². The minimum Gasteiger partial charge on any atom is -0.493 e. The molecule has 0 fully saturated rings. The van der Waals surface area contributed by atoms with E-state index in [0.717, 1.165) is 24.0 Å². The van der Waals surface area contributed by atoms with Crippen molar-refractivity contribution in [3.63, 3.8) is 0 Å². The molecule has 0 unspecified atom stereocenters. The highest BCUT2D eigenvalue weighted by atomic mass is 32.2. The maximum Gasteiger partial charge on any atom is 0.573 e. The van der Waals surface area contributed by atoms with E-state index in [9.17, 15) is 21.6 Å². The predicted octanol–water partition coefficient (Wildman–Crippen LogP) is 4.10. The summed E-state index contributed by atoms with van der Waals surface area (Å²) in [6.45, 7) is 0. The number of nitriles is 1. The van der Waals surface area contributed by atoms with Crippen molar-refractivity contribution in [2.24, 2.45) is 0 Å². The Labute approximate surface area is 172 Å². The summed E-state index contributed by atoms with van der Waals surface area (Å²) in [6.07, 6.45) is -3.03. The molecular formula is C20H18F3NO5S. The van der Waals surface area contributed by atoms with Crippen LogP contribution in [0.5, 0.6) is 17.2 Å². The fourth-order valence-corrected chi connectivity index (χ4v) is 3.13. The Bertz CT molecular complexity index is 1100. The van der Waals surface area contributed by atoms with Gasteiger partial charge in [0.2, 0.25) is 0 Å². The van der Waals surface area contributed by atoms with E-state index >= 15 is 0 Å². The quantitative estimate of drug-likeness (QED) is 0.602. The SMILES string of the molecule is COc1ccc(Cc2ccc(OC(F)(F)F)c(/C=C(\C#N)S(C)(=O)=O)c2)cc1OC. The maximum atomic E-state index is 12.7. The van der Waals surface area contributed by atoms with E-state index in [2.05, 4.69) is 4.74 Å². The summed E-state index contributed by atoms with van der Waals surface area (Å²) in [7, 11) is -0.965. The number of rotatable bonds is 7. The fourth-order valence-electron chi connectivity index (χ4n) is 2.63. The lowest BCUT2D eigenvalue weighted by Gasteiger charge is -2.14. The van der Waals surface area contributed by atoms with E-state index in [1.165, 1.54) is 32.4 Å². The largest absolute Gasteiger partial charge is 0.573 e. The molecule has 2 aromatic rings. The van der Waals surface area contributed by atoms with E-state index in [1.807, 2.05) is 0 Å². The molecule has 0 amide bonds. The van der Waals surface area contributed by atoms with Gasteiger partial charge in [0.15, 0.2) is 21.3 Å². The van der Waals surface area contributed by atoms with Crippen LogP contribution in [0, 0.1) is 11.3 Å². The second kappa shape index (κ2) is 9.09. The third kappa shape index (κ3) is 6.15. The first-order chi connectivity index (χ1) is 14.0. The lowest BCUT2D eigenvalue weighted by molar-refractivity contribution is -0.274. The first-order valence-electron chi connectivity index (χ1n) is 8.38. The predicted molar refractivity (Wildman–Crippen MR) is 104 cm³/mol. The van der Waals surface area contributed by atoms with Gasteiger partial charge in [0.1, 0.15) is 16.7 Å². The molecule has 0 aromatic heterocycles. The van der Waals surface area contributed by atoms with Gasteiger partial charge in [0.05, 0.1) is 14.2 Å². The highest BCUT2D eigenvalue weighted by Gasteiger charge is 2.32. The molecular weight excluding hydrogens is 423 g/mol. The number of allylic oxidation sites excluding steroid dienone is 1. The summed E-state index contributed by atoms with van der Waals surface area (Å²) < 4.78 is 75.9. The molecule has 0 aliphatic heterocycles. The van der Waals surface area contributed by atoms with Crippen molar-refractivity contribution >= 4 is 15.9 Å². The monoisotopic (exact) mass is 441 g/mol. The number of benzene rings is 2. The highest BCUT2D eigenvalue weighted by Crippen LogP contribution is 2.32. The summed E-state index contributed by atoms with van der Waals surface area (Å²) in [5, 5.41) is 9.07. The van der Waals surface area contributed by atoms with Crippen LogP contribution in [0.2, 0.25) is 0 Å². The minimum atomic E-state index is -4.98. The first kappa shape index (κ1) is 23.1. The molecule has 10 heteroatoms. The van der Waals surface area contributed by atoms with E-state index in [4.69, 9.17) is 14.7 Å². The summed E-state index contributed by atoms with van der Waals surface area (Å²) in [5.41, 5.74) is 1.15. The number of methoxy groups -OCH3 is 2. The third-order valence-corrected chi connectivity index (χ3v) is 4.96. The standard InChI is InChI=1S/C20H18F3NO5S/c1-27-18-7-5-14(10-19(18)28-2)8-13-4-6-17(29-20(21,22)23)15(9-13)11-16(12-24)30(3,25)26/h4-7,9-11H,8H2,1-3H3/b16-11+. The van der Waals surface area contributed by atoms with Gasteiger partial charge in [0, 0.05) is 11.8 Å². The zero-order valence-electron chi connectivity index (χ0n) is 16.3. The number of halogens is 3. The topological polar surface area (TPSA) is 85.6 Å². The van der Waals surface area contributed by atoms with Gasteiger partial charge in [-0.15, -0.1) is 13.2 Å². The Hall–Kier alpha value is -3.19. The zero-order valence-corrected chi connectivity index (χ0v) is 17.1. The number of alkyl halides is 3. The summed E-state index contributed by atoms with van der Waals surface area (Å²) >= 11 is 0. The molecule has 0 aliphatic carbocycles. The molecule has 0 N–H and O–H groups in total. The van der Waals surface area contributed by atoms with Gasteiger partial charge < -0.3 is 14.2 Å². The van der Waals surface area contributed by atoms with Gasteiger partial charge in [-0.05, 0) is 47.9 Å². The average Bonchev–Trinajstić information content (AvgIpc) is 2.65. The zero-order chi connectivity index (χ0) is 22.5. The number of hydrogen-bond donors (Lipinski definition) is 0. The van der Waals surface area contributed by atoms with Crippen LogP contribution in [-0.2, 0) is 16.3 Å². The van der Waals surface area contributed by atoms with Crippen molar-refractivity contribution in [1.82, 2.24) is 0 Å². The van der Waals surface area contributed by atoms with Gasteiger partial charge in [-0.3, -0.25) is 0 Å². The molecule has 0 spiro atoms. The summed E-state index contributed by atoms with van der Waals surface area (Å²) in [4.78, 5) is -0.683. The van der Waals surface area contributed by atoms with E-state index in [0.29, 0.717) is 23.5 Å². The van der Waals surface area contributed by atoms with Crippen molar-refractivity contribution < 1.29 is 35.8 Å². The van der Waals surface area contributed by atoms with E-state index in [1.54, 1.807) is 18.2 Å². The molecule has 0 bridgehead atoms. The van der Waals surface area contributed by atoms with Crippen LogP contribution in [0.1, 0.15) is 16.7 Å². The van der Waals surface area contributed by atoms with Gasteiger partial charge in [-0.25, -0.2) is 8.42 Å². The van der Waals surface area contributed by atoms with E-state index in [-0.39, 0.29) is 5.56 Å².